The Bertz CT molecular complexity index is 744. The molecule has 2 aromatic carbocycles. The molecule has 0 radical (unpaired) electrons. The van der Waals surface area contributed by atoms with Gasteiger partial charge in [-0.05, 0) is 36.6 Å². The monoisotopic (exact) mass is 339 g/mol. The van der Waals surface area contributed by atoms with Crippen molar-refractivity contribution in [3.05, 3.63) is 63.2 Å². The Balaban J connectivity index is 1.91. The summed E-state index contributed by atoms with van der Waals surface area (Å²) in [4.78, 5) is 1.17. The fraction of sp³-hybridized carbons (Fsp3) is 0.125. The summed E-state index contributed by atoms with van der Waals surface area (Å²) in [5.41, 5.74) is 0.560. The molecule has 0 bridgehead atoms. The topological polar surface area (TPSA) is 12.0 Å². The van der Waals surface area contributed by atoms with E-state index in [9.17, 15) is 4.39 Å². The summed E-state index contributed by atoms with van der Waals surface area (Å²) in [7, 11) is 0. The first-order valence-corrected chi connectivity index (χ1v) is 8.01. The number of benzene rings is 2. The maximum Gasteiger partial charge on any atom is 0.126 e. The second-order valence-electron chi connectivity index (χ2n) is 4.80. The molecule has 21 heavy (non-hydrogen) atoms. The summed E-state index contributed by atoms with van der Waals surface area (Å²) < 4.78 is 14.4. The van der Waals surface area contributed by atoms with Gasteiger partial charge in [0.05, 0.1) is 21.8 Å². The maximum absolute atomic E-state index is 13.2. The lowest BCUT2D eigenvalue weighted by atomic mass is 10.2. The lowest BCUT2D eigenvalue weighted by molar-refractivity contribution is 0.628. The minimum atomic E-state index is -0.440. The van der Waals surface area contributed by atoms with E-state index < -0.39 is 5.82 Å². The Kier molecular flexibility index (Phi) is 4.07. The number of hydrogen-bond donors (Lipinski definition) is 1. The van der Waals surface area contributed by atoms with E-state index >= 15 is 0 Å². The molecule has 3 aromatic rings. The lowest BCUT2D eigenvalue weighted by Gasteiger charge is -2.16. The number of thiophene rings is 1. The first-order chi connectivity index (χ1) is 10.0. The van der Waals surface area contributed by atoms with Crippen molar-refractivity contribution in [1.29, 1.82) is 0 Å². The van der Waals surface area contributed by atoms with Gasteiger partial charge in [0.25, 0.3) is 0 Å². The highest BCUT2D eigenvalue weighted by atomic mass is 35.5. The van der Waals surface area contributed by atoms with Crippen molar-refractivity contribution in [2.45, 2.75) is 13.0 Å². The molecule has 5 heteroatoms. The molecule has 1 unspecified atom stereocenters. The molecule has 1 heterocycles. The van der Waals surface area contributed by atoms with Crippen molar-refractivity contribution in [3.63, 3.8) is 0 Å². The Morgan fingerprint density at radius 1 is 1.10 bits per heavy atom. The molecule has 1 atom stereocenters. The highest BCUT2D eigenvalue weighted by Gasteiger charge is 2.14. The number of rotatable bonds is 3. The van der Waals surface area contributed by atoms with E-state index in [0.717, 1.165) is 0 Å². The molecule has 0 amide bonds. The summed E-state index contributed by atoms with van der Waals surface area (Å²) in [6, 6.07) is 12.9. The number of halogens is 3. The fourth-order valence-electron chi connectivity index (χ4n) is 2.18. The second kappa shape index (κ2) is 5.84. The quantitative estimate of drug-likeness (QED) is 0.572. The van der Waals surface area contributed by atoms with Crippen LogP contribution in [0.15, 0.2) is 42.5 Å². The molecule has 0 fully saturated rings. The SMILES string of the molecule is CC(Nc1c(Cl)cc(F)cc1Cl)c1cc2ccccc2s1. The predicted octanol–water partition coefficient (Wildman–Crippen LogP) is 6.52. The summed E-state index contributed by atoms with van der Waals surface area (Å²) in [6.45, 7) is 2.03. The zero-order valence-corrected chi connectivity index (χ0v) is 13.5. The van der Waals surface area contributed by atoms with Crippen LogP contribution < -0.4 is 5.32 Å². The van der Waals surface area contributed by atoms with Crippen molar-refractivity contribution < 1.29 is 4.39 Å². The first kappa shape index (κ1) is 14.6. The van der Waals surface area contributed by atoms with Gasteiger partial charge in [0, 0.05) is 9.58 Å². The summed E-state index contributed by atoms with van der Waals surface area (Å²) in [6.07, 6.45) is 0. The van der Waals surface area contributed by atoms with Crippen LogP contribution >= 0.6 is 34.5 Å². The smallest absolute Gasteiger partial charge is 0.126 e. The Morgan fingerprint density at radius 2 is 1.76 bits per heavy atom. The van der Waals surface area contributed by atoms with Gasteiger partial charge in [0.1, 0.15) is 5.82 Å². The second-order valence-corrected chi connectivity index (χ2v) is 6.73. The molecule has 0 aliphatic rings. The molecule has 0 spiro atoms. The average Bonchev–Trinajstić information content (AvgIpc) is 2.86. The van der Waals surface area contributed by atoms with Crippen LogP contribution in [0.4, 0.5) is 10.1 Å². The van der Waals surface area contributed by atoms with E-state index in [1.807, 2.05) is 19.1 Å². The van der Waals surface area contributed by atoms with Crippen LogP contribution in [0.5, 0.6) is 0 Å². The van der Waals surface area contributed by atoms with Gasteiger partial charge in [-0.15, -0.1) is 11.3 Å². The number of hydrogen-bond acceptors (Lipinski definition) is 2. The first-order valence-electron chi connectivity index (χ1n) is 6.44. The highest BCUT2D eigenvalue weighted by Crippen LogP contribution is 2.36. The van der Waals surface area contributed by atoms with Crippen molar-refractivity contribution >= 4 is 50.3 Å². The molecule has 0 aliphatic carbocycles. The molecular formula is C16H12Cl2FNS. The minimum Gasteiger partial charge on any atom is -0.375 e. The molecular weight excluding hydrogens is 328 g/mol. The summed E-state index contributed by atoms with van der Waals surface area (Å²) in [5.74, 6) is -0.440. The number of nitrogens with one attached hydrogen (secondary N) is 1. The summed E-state index contributed by atoms with van der Waals surface area (Å²) in [5, 5.41) is 5.04. The van der Waals surface area contributed by atoms with Crippen LogP contribution in [0.3, 0.4) is 0 Å². The van der Waals surface area contributed by atoms with Crippen LogP contribution in [0.25, 0.3) is 10.1 Å². The molecule has 108 valence electrons. The van der Waals surface area contributed by atoms with E-state index in [0.29, 0.717) is 5.69 Å². The third-order valence-corrected chi connectivity index (χ3v) is 5.13. The van der Waals surface area contributed by atoms with Crippen molar-refractivity contribution in [3.8, 4) is 0 Å². The predicted molar refractivity (Wildman–Crippen MR) is 90.3 cm³/mol. The molecule has 1 aromatic heterocycles. The zero-order valence-electron chi connectivity index (χ0n) is 11.2. The minimum absolute atomic E-state index is 0.0304. The van der Waals surface area contributed by atoms with Crippen LogP contribution in [-0.2, 0) is 0 Å². The van der Waals surface area contributed by atoms with Gasteiger partial charge in [0.15, 0.2) is 0 Å². The van der Waals surface area contributed by atoms with Crippen LogP contribution in [0.2, 0.25) is 10.0 Å². The third kappa shape index (κ3) is 3.00. The van der Waals surface area contributed by atoms with Crippen molar-refractivity contribution in [1.82, 2.24) is 0 Å². The standard InChI is InChI=1S/C16H12Cl2FNS/c1-9(15-6-10-4-2-3-5-14(10)21-15)20-16-12(17)7-11(19)8-13(16)18/h2-9,20H,1H3. The fourth-order valence-corrected chi connectivity index (χ4v) is 3.82. The Hall–Kier alpha value is -1.29. The summed E-state index contributed by atoms with van der Waals surface area (Å²) >= 11 is 13.8. The maximum atomic E-state index is 13.2. The van der Waals surface area contributed by atoms with Gasteiger partial charge in [-0.1, -0.05) is 41.4 Å². The average molecular weight is 340 g/mol. The number of fused-ring (bicyclic) bond motifs is 1. The van der Waals surface area contributed by atoms with E-state index in [2.05, 4.69) is 23.5 Å². The molecule has 0 saturated heterocycles. The van der Waals surface area contributed by atoms with Crippen molar-refractivity contribution in [2.24, 2.45) is 0 Å². The normalized spacial score (nSPS) is 12.6. The van der Waals surface area contributed by atoms with Crippen LogP contribution in [0, 0.1) is 5.82 Å². The van der Waals surface area contributed by atoms with Gasteiger partial charge in [0.2, 0.25) is 0 Å². The van der Waals surface area contributed by atoms with E-state index in [1.165, 1.54) is 27.1 Å². The van der Waals surface area contributed by atoms with Gasteiger partial charge in [-0.3, -0.25) is 0 Å². The number of anilines is 1. The van der Waals surface area contributed by atoms with E-state index in [4.69, 9.17) is 23.2 Å². The Morgan fingerprint density at radius 3 is 2.43 bits per heavy atom. The largest absolute Gasteiger partial charge is 0.375 e. The lowest BCUT2D eigenvalue weighted by Crippen LogP contribution is -2.06. The van der Waals surface area contributed by atoms with Gasteiger partial charge in [-0.2, -0.15) is 0 Å². The Labute approximate surface area is 136 Å². The van der Waals surface area contributed by atoms with Crippen LogP contribution in [-0.4, -0.2) is 0 Å². The van der Waals surface area contributed by atoms with Crippen LogP contribution in [0.1, 0.15) is 17.8 Å². The van der Waals surface area contributed by atoms with E-state index in [-0.39, 0.29) is 16.1 Å². The highest BCUT2D eigenvalue weighted by molar-refractivity contribution is 7.19. The third-order valence-electron chi connectivity index (χ3n) is 3.24. The van der Waals surface area contributed by atoms with Gasteiger partial charge < -0.3 is 5.32 Å². The van der Waals surface area contributed by atoms with Crippen molar-refractivity contribution in [2.75, 3.05) is 5.32 Å². The molecule has 1 nitrogen and oxygen atoms in total. The molecule has 0 saturated carbocycles. The molecule has 3 rings (SSSR count). The zero-order chi connectivity index (χ0) is 15.0. The van der Waals surface area contributed by atoms with Gasteiger partial charge in [-0.25, -0.2) is 4.39 Å². The molecule has 0 aliphatic heterocycles. The van der Waals surface area contributed by atoms with Gasteiger partial charge >= 0.3 is 0 Å². The molecule has 1 N–H and O–H groups in total. The van der Waals surface area contributed by atoms with E-state index in [1.54, 1.807) is 11.3 Å².